The van der Waals surface area contributed by atoms with E-state index in [1.54, 1.807) is 7.11 Å². The van der Waals surface area contributed by atoms with Gasteiger partial charge in [0.2, 0.25) is 0 Å². The second-order valence-corrected chi connectivity index (χ2v) is 5.28. The lowest BCUT2D eigenvalue weighted by molar-refractivity contribution is -0.105. The zero-order valence-corrected chi connectivity index (χ0v) is 12.4. The summed E-state index contributed by atoms with van der Waals surface area (Å²) in [5.74, 6) is 1.58. The van der Waals surface area contributed by atoms with Crippen molar-refractivity contribution in [3.05, 3.63) is 23.8 Å². The van der Waals surface area contributed by atoms with Crippen LogP contribution in [0.2, 0.25) is 0 Å². The fourth-order valence-corrected chi connectivity index (χ4v) is 2.40. The molecular weight excluding hydrogens is 272 g/mol. The van der Waals surface area contributed by atoms with Gasteiger partial charge in [0, 0.05) is 25.2 Å². The summed E-state index contributed by atoms with van der Waals surface area (Å²) in [5.41, 5.74) is 1.07. The topological polar surface area (TPSA) is 49.5 Å². The maximum atomic E-state index is 5.88. The second-order valence-electron chi connectivity index (χ2n) is 5.28. The SMILES string of the molecule is COCCOc1cc(OC2CCCCO2)ccc1[C@H]1CO1. The van der Waals surface area contributed by atoms with Crippen molar-refractivity contribution in [1.82, 2.24) is 0 Å². The smallest absolute Gasteiger partial charge is 0.199 e. The molecule has 1 aromatic rings. The van der Waals surface area contributed by atoms with Crippen molar-refractivity contribution >= 4 is 0 Å². The molecule has 0 bridgehead atoms. The van der Waals surface area contributed by atoms with Crippen molar-refractivity contribution in [1.29, 1.82) is 0 Å². The number of hydrogen-bond acceptors (Lipinski definition) is 5. The predicted molar refractivity (Wildman–Crippen MR) is 76.7 cm³/mol. The second kappa shape index (κ2) is 7.11. The molecule has 0 saturated carbocycles. The molecule has 2 atom stereocenters. The Balaban J connectivity index is 1.67. The molecule has 0 radical (unpaired) electrons. The van der Waals surface area contributed by atoms with Gasteiger partial charge in [0.25, 0.3) is 0 Å². The molecule has 116 valence electrons. The number of rotatable bonds is 7. The van der Waals surface area contributed by atoms with Crippen molar-refractivity contribution in [2.24, 2.45) is 0 Å². The standard InChI is InChI=1S/C16H22O5/c1-17-8-9-18-14-10-12(5-6-13(14)15-11-20-15)21-16-4-2-3-7-19-16/h5-6,10,15-16H,2-4,7-9,11H2,1H3/t15-,16?/m1/s1. The van der Waals surface area contributed by atoms with Crippen LogP contribution in [0, 0.1) is 0 Å². The highest BCUT2D eigenvalue weighted by Gasteiger charge is 2.28. The first-order valence-corrected chi connectivity index (χ1v) is 7.52. The normalized spacial score (nSPS) is 24.6. The summed E-state index contributed by atoms with van der Waals surface area (Å²) in [7, 11) is 1.66. The number of hydrogen-bond donors (Lipinski definition) is 0. The Morgan fingerprint density at radius 3 is 2.81 bits per heavy atom. The minimum Gasteiger partial charge on any atom is -0.491 e. The van der Waals surface area contributed by atoms with Crippen LogP contribution in [0.3, 0.4) is 0 Å². The molecule has 2 aliphatic rings. The maximum absolute atomic E-state index is 5.88. The molecule has 21 heavy (non-hydrogen) atoms. The van der Waals surface area contributed by atoms with Crippen molar-refractivity contribution in [2.45, 2.75) is 31.7 Å². The average Bonchev–Trinajstić information content (AvgIpc) is 3.34. The van der Waals surface area contributed by atoms with E-state index in [1.165, 1.54) is 0 Å². The van der Waals surface area contributed by atoms with Gasteiger partial charge >= 0.3 is 0 Å². The zero-order chi connectivity index (χ0) is 14.5. The Bertz CT molecular complexity index is 452. The van der Waals surface area contributed by atoms with E-state index < -0.39 is 0 Å². The first-order valence-electron chi connectivity index (χ1n) is 7.52. The van der Waals surface area contributed by atoms with E-state index in [1.807, 2.05) is 18.2 Å². The molecule has 5 heteroatoms. The highest BCUT2D eigenvalue weighted by atomic mass is 16.7. The maximum Gasteiger partial charge on any atom is 0.199 e. The van der Waals surface area contributed by atoms with Crippen LogP contribution in [0.5, 0.6) is 11.5 Å². The lowest BCUT2D eigenvalue weighted by Gasteiger charge is -2.24. The molecule has 0 amide bonds. The molecule has 2 aliphatic heterocycles. The van der Waals surface area contributed by atoms with Gasteiger partial charge in [-0.15, -0.1) is 0 Å². The van der Waals surface area contributed by atoms with Gasteiger partial charge in [-0.05, 0) is 25.0 Å². The third-order valence-electron chi connectivity index (χ3n) is 3.62. The van der Waals surface area contributed by atoms with Gasteiger partial charge in [-0.2, -0.15) is 0 Å². The first-order chi connectivity index (χ1) is 10.4. The Hall–Kier alpha value is -1.30. The van der Waals surface area contributed by atoms with Crippen LogP contribution in [0.1, 0.15) is 30.9 Å². The van der Waals surface area contributed by atoms with Crippen LogP contribution in [0.4, 0.5) is 0 Å². The summed E-state index contributed by atoms with van der Waals surface area (Å²) < 4.78 is 27.6. The fraction of sp³-hybridized carbons (Fsp3) is 0.625. The van der Waals surface area contributed by atoms with Crippen LogP contribution < -0.4 is 9.47 Å². The monoisotopic (exact) mass is 294 g/mol. The molecule has 0 spiro atoms. The number of epoxide rings is 1. The molecule has 5 nitrogen and oxygen atoms in total. The van der Waals surface area contributed by atoms with E-state index >= 15 is 0 Å². The van der Waals surface area contributed by atoms with E-state index in [9.17, 15) is 0 Å². The molecule has 2 saturated heterocycles. The highest BCUT2D eigenvalue weighted by Crippen LogP contribution is 2.38. The van der Waals surface area contributed by atoms with Gasteiger partial charge in [0.05, 0.1) is 19.8 Å². The third-order valence-corrected chi connectivity index (χ3v) is 3.62. The van der Waals surface area contributed by atoms with Gasteiger partial charge in [-0.25, -0.2) is 0 Å². The zero-order valence-electron chi connectivity index (χ0n) is 12.4. The van der Waals surface area contributed by atoms with Crippen molar-refractivity contribution < 1.29 is 23.7 Å². The molecule has 0 aromatic heterocycles. The van der Waals surface area contributed by atoms with E-state index in [4.69, 9.17) is 23.7 Å². The van der Waals surface area contributed by atoms with Gasteiger partial charge in [0.1, 0.15) is 24.2 Å². The Morgan fingerprint density at radius 1 is 1.19 bits per heavy atom. The van der Waals surface area contributed by atoms with Crippen LogP contribution in [0.15, 0.2) is 18.2 Å². The minimum absolute atomic E-state index is 0.145. The van der Waals surface area contributed by atoms with Gasteiger partial charge in [0.15, 0.2) is 6.29 Å². The summed E-state index contributed by atoms with van der Waals surface area (Å²) in [4.78, 5) is 0. The van der Waals surface area contributed by atoms with E-state index in [-0.39, 0.29) is 12.4 Å². The van der Waals surface area contributed by atoms with E-state index in [2.05, 4.69) is 0 Å². The van der Waals surface area contributed by atoms with Crippen molar-refractivity contribution in [3.63, 3.8) is 0 Å². The summed E-state index contributed by atoms with van der Waals surface area (Å²) in [6, 6.07) is 5.89. The molecular formula is C16H22O5. The predicted octanol–water partition coefficient (Wildman–Crippen LogP) is 2.69. The number of ether oxygens (including phenoxy) is 5. The van der Waals surface area contributed by atoms with Crippen LogP contribution >= 0.6 is 0 Å². The fourth-order valence-electron chi connectivity index (χ4n) is 2.40. The molecule has 2 heterocycles. The van der Waals surface area contributed by atoms with Gasteiger partial charge < -0.3 is 23.7 Å². The van der Waals surface area contributed by atoms with E-state index in [0.717, 1.165) is 49.5 Å². The molecule has 0 aliphatic carbocycles. The summed E-state index contributed by atoms with van der Waals surface area (Å²) in [6.45, 7) is 2.60. The van der Waals surface area contributed by atoms with Crippen LogP contribution in [-0.2, 0) is 14.2 Å². The largest absolute Gasteiger partial charge is 0.491 e. The summed E-state index contributed by atoms with van der Waals surface area (Å²) >= 11 is 0. The van der Waals surface area contributed by atoms with Crippen LogP contribution in [-0.4, -0.2) is 39.8 Å². The molecule has 2 fully saturated rings. The molecule has 0 N–H and O–H groups in total. The summed E-state index contributed by atoms with van der Waals surface area (Å²) in [5, 5.41) is 0. The Kier molecular flexibility index (Phi) is 4.95. The van der Waals surface area contributed by atoms with Crippen molar-refractivity contribution in [3.8, 4) is 11.5 Å². The molecule has 3 rings (SSSR count). The Morgan fingerprint density at radius 2 is 2.10 bits per heavy atom. The lowest BCUT2D eigenvalue weighted by Crippen LogP contribution is -2.25. The van der Waals surface area contributed by atoms with Gasteiger partial charge in [-0.3, -0.25) is 0 Å². The molecule has 1 unspecified atom stereocenters. The first kappa shape index (κ1) is 14.6. The summed E-state index contributed by atoms with van der Waals surface area (Å²) in [6.07, 6.45) is 3.21. The number of benzene rings is 1. The van der Waals surface area contributed by atoms with Crippen LogP contribution in [0.25, 0.3) is 0 Å². The lowest BCUT2D eigenvalue weighted by atomic mass is 10.1. The number of methoxy groups -OCH3 is 1. The highest BCUT2D eigenvalue weighted by molar-refractivity contribution is 5.43. The Labute approximate surface area is 125 Å². The van der Waals surface area contributed by atoms with E-state index in [0.29, 0.717) is 13.2 Å². The van der Waals surface area contributed by atoms with Crippen molar-refractivity contribution in [2.75, 3.05) is 33.5 Å². The average molecular weight is 294 g/mol. The van der Waals surface area contributed by atoms with Gasteiger partial charge in [-0.1, -0.05) is 0 Å². The molecule has 1 aromatic carbocycles. The quantitative estimate of drug-likeness (QED) is 0.571. The minimum atomic E-state index is -0.145. The third kappa shape index (κ3) is 4.09.